The maximum Gasteiger partial charge on any atom is 0.274 e. The van der Waals surface area contributed by atoms with Crippen molar-refractivity contribution in [3.8, 4) is 11.4 Å². The van der Waals surface area contributed by atoms with Gasteiger partial charge in [0, 0.05) is 18.3 Å². The van der Waals surface area contributed by atoms with E-state index in [0.717, 1.165) is 0 Å². The number of benzene rings is 2. The van der Waals surface area contributed by atoms with E-state index in [9.17, 15) is 9.18 Å². The quantitative estimate of drug-likeness (QED) is 0.660. The first-order valence-corrected chi connectivity index (χ1v) is 8.37. The Kier molecular flexibility index (Phi) is 5.53. The van der Waals surface area contributed by atoms with Crippen LogP contribution in [-0.2, 0) is 0 Å². The number of halogens is 2. The third-order valence-electron chi connectivity index (χ3n) is 3.76. The van der Waals surface area contributed by atoms with E-state index < -0.39 is 5.82 Å². The molecule has 26 heavy (non-hydrogen) atoms. The van der Waals surface area contributed by atoms with Crippen LogP contribution in [0.4, 0.5) is 4.39 Å². The minimum atomic E-state index is -0.403. The Labute approximate surface area is 155 Å². The van der Waals surface area contributed by atoms with Gasteiger partial charge in [0.2, 0.25) is 0 Å². The third kappa shape index (κ3) is 4.21. The number of rotatable bonds is 6. The van der Waals surface area contributed by atoms with E-state index >= 15 is 0 Å². The third-order valence-corrected chi connectivity index (χ3v) is 4.02. The molecule has 1 amide bonds. The minimum absolute atomic E-state index is 0.238. The number of nitrogens with zero attached hydrogens (tertiary/aromatic N) is 3. The molecule has 1 aromatic heterocycles. The van der Waals surface area contributed by atoms with Gasteiger partial charge in [-0.15, -0.1) is 0 Å². The SMILES string of the molecule is CN(CCOc1ccc(Cl)cc1)C(=O)c1ccn(-c2ccccc2F)n1. The van der Waals surface area contributed by atoms with Crippen molar-refractivity contribution in [2.75, 3.05) is 20.2 Å². The molecule has 0 N–H and O–H groups in total. The highest BCUT2D eigenvalue weighted by atomic mass is 35.5. The Morgan fingerprint density at radius 2 is 1.92 bits per heavy atom. The van der Waals surface area contributed by atoms with E-state index in [0.29, 0.717) is 29.6 Å². The van der Waals surface area contributed by atoms with Gasteiger partial charge in [0.1, 0.15) is 23.9 Å². The Balaban J connectivity index is 1.58. The summed E-state index contributed by atoms with van der Waals surface area (Å²) in [5.41, 5.74) is 0.530. The number of amides is 1. The molecule has 0 aliphatic rings. The van der Waals surface area contributed by atoms with Gasteiger partial charge in [-0.1, -0.05) is 23.7 Å². The molecule has 3 aromatic rings. The number of para-hydroxylation sites is 1. The average molecular weight is 374 g/mol. The lowest BCUT2D eigenvalue weighted by Crippen LogP contribution is -2.31. The molecule has 3 rings (SSSR count). The van der Waals surface area contributed by atoms with Gasteiger partial charge < -0.3 is 9.64 Å². The number of carbonyl (C=O) groups excluding carboxylic acids is 1. The molecule has 134 valence electrons. The molecular weight excluding hydrogens is 357 g/mol. The second kappa shape index (κ2) is 8.01. The summed E-state index contributed by atoms with van der Waals surface area (Å²) in [7, 11) is 1.66. The van der Waals surface area contributed by atoms with Gasteiger partial charge in [-0.2, -0.15) is 5.10 Å². The zero-order chi connectivity index (χ0) is 18.5. The van der Waals surface area contributed by atoms with Crippen molar-refractivity contribution < 1.29 is 13.9 Å². The highest BCUT2D eigenvalue weighted by molar-refractivity contribution is 6.30. The molecule has 0 fully saturated rings. The maximum atomic E-state index is 13.8. The molecule has 1 heterocycles. The van der Waals surface area contributed by atoms with Gasteiger partial charge in [-0.25, -0.2) is 9.07 Å². The van der Waals surface area contributed by atoms with E-state index in [4.69, 9.17) is 16.3 Å². The van der Waals surface area contributed by atoms with E-state index in [1.54, 1.807) is 61.8 Å². The largest absolute Gasteiger partial charge is 0.492 e. The number of hydrogen-bond acceptors (Lipinski definition) is 3. The van der Waals surface area contributed by atoms with Crippen LogP contribution in [0.1, 0.15) is 10.5 Å². The van der Waals surface area contributed by atoms with Crippen molar-refractivity contribution in [1.82, 2.24) is 14.7 Å². The molecule has 0 radical (unpaired) electrons. The number of likely N-dealkylation sites (N-methyl/N-ethyl adjacent to an activating group) is 1. The first kappa shape index (κ1) is 17.9. The Morgan fingerprint density at radius 3 is 2.65 bits per heavy atom. The van der Waals surface area contributed by atoms with Gasteiger partial charge in [-0.3, -0.25) is 4.79 Å². The number of carbonyl (C=O) groups is 1. The van der Waals surface area contributed by atoms with Crippen LogP contribution in [0.2, 0.25) is 5.02 Å². The van der Waals surface area contributed by atoms with Gasteiger partial charge in [0.15, 0.2) is 5.69 Å². The lowest BCUT2D eigenvalue weighted by atomic mass is 10.3. The van der Waals surface area contributed by atoms with E-state index in [1.807, 2.05) is 0 Å². The normalized spacial score (nSPS) is 10.6. The van der Waals surface area contributed by atoms with Gasteiger partial charge >= 0.3 is 0 Å². The molecule has 2 aromatic carbocycles. The Bertz CT molecular complexity index is 896. The van der Waals surface area contributed by atoms with Crippen molar-refractivity contribution in [1.29, 1.82) is 0 Å². The summed E-state index contributed by atoms with van der Waals surface area (Å²) < 4.78 is 20.7. The standard InChI is InChI=1S/C19H17ClFN3O2/c1-23(12-13-26-15-8-6-14(20)7-9-15)19(25)17-10-11-24(22-17)18-5-3-2-4-16(18)21/h2-11H,12-13H2,1H3. The fraction of sp³-hybridized carbons (Fsp3) is 0.158. The van der Waals surface area contributed by atoms with Gasteiger partial charge in [-0.05, 0) is 42.5 Å². The van der Waals surface area contributed by atoms with Gasteiger partial charge in [0.25, 0.3) is 5.91 Å². The topological polar surface area (TPSA) is 47.4 Å². The Hall–Kier alpha value is -2.86. The minimum Gasteiger partial charge on any atom is -0.492 e. The van der Waals surface area contributed by atoms with Crippen LogP contribution in [0.3, 0.4) is 0 Å². The number of aromatic nitrogens is 2. The summed E-state index contributed by atoms with van der Waals surface area (Å²) >= 11 is 5.82. The fourth-order valence-corrected chi connectivity index (χ4v) is 2.46. The second-order valence-electron chi connectivity index (χ2n) is 5.63. The lowest BCUT2D eigenvalue weighted by Gasteiger charge is -2.16. The van der Waals surface area contributed by atoms with Crippen molar-refractivity contribution in [3.05, 3.63) is 77.3 Å². The summed E-state index contributed by atoms with van der Waals surface area (Å²) in [5.74, 6) is 0.0122. The first-order chi connectivity index (χ1) is 12.5. The molecule has 0 aliphatic carbocycles. The lowest BCUT2D eigenvalue weighted by molar-refractivity contribution is 0.0767. The smallest absolute Gasteiger partial charge is 0.274 e. The van der Waals surface area contributed by atoms with Crippen LogP contribution >= 0.6 is 11.6 Å². The van der Waals surface area contributed by atoms with Crippen LogP contribution in [0.25, 0.3) is 5.69 Å². The van der Waals surface area contributed by atoms with Gasteiger partial charge in [0.05, 0.1) is 6.54 Å². The summed E-state index contributed by atoms with van der Waals surface area (Å²) in [6, 6.07) is 14.8. The zero-order valence-electron chi connectivity index (χ0n) is 14.1. The van der Waals surface area contributed by atoms with Crippen molar-refractivity contribution in [2.45, 2.75) is 0 Å². The van der Waals surface area contributed by atoms with Crippen LogP contribution in [0, 0.1) is 5.82 Å². The van der Waals surface area contributed by atoms with Crippen LogP contribution in [0.15, 0.2) is 60.8 Å². The predicted molar refractivity (Wildman–Crippen MR) is 97.4 cm³/mol. The average Bonchev–Trinajstić information content (AvgIpc) is 3.13. The molecule has 0 spiro atoms. The predicted octanol–water partition coefficient (Wildman–Crippen LogP) is 3.82. The highest BCUT2D eigenvalue weighted by Gasteiger charge is 2.16. The number of ether oxygens (including phenoxy) is 1. The molecule has 0 aliphatic heterocycles. The second-order valence-corrected chi connectivity index (χ2v) is 6.06. The highest BCUT2D eigenvalue weighted by Crippen LogP contribution is 2.16. The monoisotopic (exact) mass is 373 g/mol. The van der Waals surface area contributed by atoms with E-state index in [-0.39, 0.29) is 11.6 Å². The molecule has 0 bridgehead atoms. The fourth-order valence-electron chi connectivity index (χ4n) is 2.34. The molecule has 0 saturated heterocycles. The van der Waals surface area contributed by atoms with Crippen LogP contribution < -0.4 is 4.74 Å². The summed E-state index contributed by atoms with van der Waals surface area (Å²) in [4.78, 5) is 13.9. The summed E-state index contributed by atoms with van der Waals surface area (Å²) in [6.07, 6.45) is 1.56. The molecule has 0 saturated carbocycles. The summed E-state index contributed by atoms with van der Waals surface area (Å²) in [5, 5.41) is 4.80. The molecule has 0 atom stereocenters. The summed E-state index contributed by atoms with van der Waals surface area (Å²) in [6.45, 7) is 0.714. The maximum absolute atomic E-state index is 13.8. The zero-order valence-corrected chi connectivity index (χ0v) is 14.9. The van der Waals surface area contributed by atoms with E-state index in [2.05, 4.69) is 5.10 Å². The number of hydrogen-bond donors (Lipinski definition) is 0. The van der Waals surface area contributed by atoms with Crippen LogP contribution in [-0.4, -0.2) is 40.8 Å². The van der Waals surface area contributed by atoms with E-state index in [1.165, 1.54) is 15.6 Å². The van der Waals surface area contributed by atoms with Crippen molar-refractivity contribution in [2.24, 2.45) is 0 Å². The molecule has 5 nitrogen and oxygen atoms in total. The molecular formula is C19H17ClFN3O2. The molecule has 0 unspecified atom stereocenters. The van der Waals surface area contributed by atoms with Crippen LogP contribution in [0.5, 0.6) is 5.75 Å². The first-order valence-electron chi connectivity index (χ1n) is 7.99. The van der Waals surface area contributed by atoms with Crippen molar-refractivity contribution in [3.63, 3.8) is 0 Å². The Morgan fingerprint density at radius 1 is 1.19 bits per heavy atom. The van der Waals surface area contributed by atoms with Crippen molar-refractivity contribution >= 4 is 17.5 Å². The molecule has 7 heteroatoms.